The Hall–Kier alpha value is -0.930. The van der Waals surface area contributed by atoms with E-state index in [9.17, 15) is 0 Å². The molecule has 0 aromatic heterocycles. The van der Waals surface area contributed by atoms with Gasteiger partial charge in [-0.2, -0.15) is 0 Å². The minimum Gasteiger partial charge on any atom is -0.495 e. The van der Waals surface area contributed by atoms with Gasteiger partial charge in [-0.15, -0.1) is 0 Å². The third-order valence-electron chi connectivity index (χ3n) is 1.93. The monoisotopic (exact) mass is 215 g/mol. The molecule has 0 aliphatic heterocycles. The van der Waals surface area contributed by atoms with Gasteiger partial charge in [0.1, 0.15) is 16.5 Å². The van der Waals surface area contributed by atoms with Crippen molar-refractivity contribution in [3.05, 3.63) is 22.7 Å². The predicted molar refractivity (Wildman–Crippen MR) is 57.3 cm³/mol. The van der Waals surface area contributed by atoms with Crippen molar-refractivity contribution in [1.82, 2.24) is 5.32 Å². The maximum atomic E-state index is 6.07. The molecule has 1 aromatic rings. The van der Waals surface area contributed by atoms with E-state index < -0.39 is 0 Å². The number of benzene rings is 1. The molecule has 4 heteroatoms. The molecular weight excluding hydrogens is 202 g/mol. The zero-order valence-electron chi connectivity index (χ0n) is 8.56. The summed E-state index contributed by atoms with van der Waals surface area (Å²) in [6.07, 6.45) is 0. The average Bonchev–Trinajstić information content (AvgIpc) is 2.19. The van der Waals surface area contributed by atoms with Crippen LogP contribution in [0.2, 0.25) is 5.02 Å². The summed E-state index contributed by atoms with van der Waals surface area (Å²) in [6, 6.07) is 3.76. The van der Waals surface area contributed by atoms with Crippen LogP contribution in [0, 0.1) is 0 Å². The number of hydrogen-bond acceptors (Lipinski definition) is 3. The fourth-order valence-electron chi connectivity index (χ4n) is 1.29. The highest BCUT2D eigenvalue weighted by atomic mass is 35.5. The molecule has 0 heterocycles. The van der Waals surface area contributed by atoms with Crippen LogP contribution in [0.3, 0.4) is 0 Å². The van der Waals surface area contributed by atoms with Gasteiger partial charge in [0.25, 0.3) is 0 Å². The van der Waals surface area contributed by atoms with Gasteiger partial charge < -0.3 is 14.8 Å². The second-order valence-corrected chi connectivity index (χ2v) is 3.18. The molecule has 78 valence electrons. The van der Waals surface area contributed by atoms with Crippen molar-refractivity contribution < 1.29 is 9.47 Å². The van der Waals surface area contributed by atoms with Crippen LogP contribution < -0.4 is 14.8 Å². The first-order chi connectivity index (χ1) is 6.74. The Morgan fingerprint density at radius 2 is 2.00 bits per heavy atom. The lowest BCUT2D eigenvalue weighted by molar-refractivity contribution is 0.391. The lowest BCUT2D eigenvalue weighted by Crippen LogP contribution is -2.07. The summed E-state index contributed by atoms with van der Waals surface area (Å²) in [7, 11) is 5.05. The molecule has 1 aromatic carbocycles. The van der Waals surface area contributed by atoms with Crippen molar-refractivity contribution in [3.8, 4) is 11.5 Å². The summed E-state index contributed by atoms with van der Waals surface area (Å²) < 4.78 is 10.3. The molecular formula is C10H14ClNO2. The molecule has 0 atom stereocenters. The lowest BCUT2D eigenvalue weighted by atomic mass is 10.2. The van der Waals surface area contributed by atoms with Crippen LogP contribution in [0.5, 0.6) is 11.5 Å². The van der Waals surface area contributed by atoms with E-state index in [0.29, 0.717) is 23.1 Å². The second-order valence-electron chi connectivity index (χ2n) is 2.80. The van der Waals surface area contributed by atoms with Crippen LogP contribution in [-0.2, 0) is 6.54 Å². The molecule has 3 nitrogen and oxygen atoms in total. The standard InChI is InChI=1S/C10H14ClNO2/c1-12-6-7-4-5-8(13-2)9(11)10(7)14-3/h4-5,12H,6H2,1-3H3. The quantitative estimate of drug-likeness (QED) is 0.834. The van der Waals surface area contributed by atoms with E-state index in [2.05, 4.69) is 5.32 Å². The van der Waals surface area contributed by atoms with E-state index in [-0.39, 0.29) is 0 Å². The highest BCUT2D eigenvalue weighted by Gasteiger charge is 2.11. The van der Waals surface area contributed by atoms with Gasteiger partial charge in [0, 0.05) is 12.1 Å². The first-order valence-corrected chi connectivity index (χ1v) is 4.66. The molecule has 0 fully saturated rings. The molecule has 0 bridgehead atoms. The van der Waals surface area contributed by atoms with Crippen molar-refractivity contribution in [2.45, 2.75) is 6.54 Å². The van der Waals surface area contributed by atoms with E-state index in [0.717, 1.165) is 5.56 Å². The van der Waals surface area contributed by atoms with Gasteiger partial charge in [0.05, 0.1) is 14.2 Å². The van der Waals surface area contributed by atoms with Gasteiger partial charge in [-0.25, -0.2) is 0 Å². The number of hydrogen-bond donors (Lipinski definition) is 1. The van der Waals surface area contributed by atoms with Crippen LogP contribution in [0.15, 0.2) is 12.1 Å². The molecule has 0 aliphatic rings. The Kier molecular flexibility index (Phi) is 4.04. The maximum Gasteiger partial charge on any atom is 0.145 e. The van der Waals surface area contributed by atoms with Crippen molar-refractivity contribution in [2.24, 2.45) is 0 Å². The molecule has 0 spiro atoms. The highest BCUT2D eigenvalue weighted by Crippen LogP contribution is 2.36. The fraction of sp³-hybridized carbons (Fsp3) is 0.400. The third-order valence-corrected chi connectivity index (χ3v) is 2.29. The Balaban J connectivity index is 3.14. The Bertz CT molecular complexity index is 315. The zero-order chi connectivity index (χ0) is 10.6. The summed E-state index contributed by atoms with van der Waals surface area (Å²) in [5.41, 5.74) is 1.01. The summed E-state index contributed by atoms with van der Waals surface area (Å²) in [5, 5.41) is 3.56. The van der Waals surface area contributed by atoms with Gasteiger partial charge in [-0.05, 0) is 13.1 Å². The average molecular weight is 216 g/mol. The Morgan fingerprint density at radius 1 is 1.29 bits per heavy atom. The minimum absolute atomic E-state index is 0.516. The van der Waals surface area contributed by atoms with Gasteiger partial charge in [0.2, 0.25) is 0 Å². The molecule has 1 N–H and O–H groups in total. The van der Waals surface area contributed by atoms with Gasteiger partial charge in [-0.3, -0.25) is 0 Å². The van der Waals surface area contributed by atoms with Crippen molar-refractivity contribution in [3.63, 3.8) is 0 Å². The van der Waals surface area contributed by atoms with E-state index in [1.54, 1.807) is 14.2 Å². The topological polar surface area (TPSA) is 30.5 Å². The van der Waals surface area contributed by atoms with Crippen LogP contribution in [0.4, 0.5) is 0 Å². The second kappa shape index (κ2) is 5.08. The SMILES string of the molecule is CNCc1ccc(OC)c(Cl)c1OC. The number of rotatable bonds is 4. The summed E-state index contributed by atoms with van der Waals surface area (Å²) in [6.45, 7) is 0.715. The van der Waals surface area contributed by atoms with Crippen molar-refractivity contribution >= 4 is 11.6 Å². The fourth-order valence-corrected chi connectivity index (χ4v) is 1.62. The Labute approximate surface area is 89.0 Å². The van der Waals surface area contributed by atoms with E-state index >= 15 is 0 Å². The lowest BCUT2D eigenvalue weighted by Gasteiger charge is -2.12. The number of ether oxygens (including phenoxy) is 2. The summed E-state index contributed by atoms with van der Waals surface area (Å²) in [4.78, 5) is 0. The first-order valence-electron chi connectivity index (χ1n) is 4.28. The zero-order valence-corrected chi connectivity index (χ0v) is 9.31. The first kappa shape index (κ1) is 11.1. The smallest absolute Gasteiger partial charge is 0.145 e. The van der Waals surface area contributed by atoms with E-state index in [1.807, 2.05) is 19.2 Å². The number of nitrogens with one attached hydrogen (secondary N) is 1. The molecule has 0 saturated heterocycles. The normalized spacial score (nSPS) is 10.0. The van der Waals surface area contributed by atoms with Gasteiger partial charge in [-0.1, -0.05) is 17.7 Å². The maximum absolute atomic E-state index is 6.07. The largest absolute Gasteiger partial charge is 0.495 e. The van der Waals surface area contributed by atoms with Crippen molar-refractivity contribution in [1.29, 1.82) is 0 Å². The highest BCUT2D eigenvalue weighted by molar-refractivity contribution is 6.33. The van der Waals surface area contributed by atoms with Crippen LogP contribution in [0.25, 0.3) is 0 Å². The number of methoxy groups -OCH3 is 2. The van der Waals surface area contributed by atoms with Crippen molar-refractivity contribution in [2.75, 3.05) is 21.3 Å². The number of halogens is 1. The van der Waals surface area contributed by atoms with E-state index in [1.165, 1.54) is 0 Å². The van der Waals surface area contributed by atoms with E-state index in [4.69, 9.17) is 21.1 Å². The molecule has 14 heavy (non-hydrogen) atoms. The minimum atomic E-state index is 0.516. The molecule has 0 aliphatic carbocycles. The molecule has 0 saturated carbocycles. The molecule has 1 rings (SSSR count). The van der Waals surface area contributed by atoms with Gasteiger partial charge in [0.15, 0.2) is 0 Å². The Morgan fingerprint density at radius 3 is 2.50 bits per heavy atom. The predicted octanol–water partition coefficient (Wildman–Crippen LogP) is 2.08. The van der Waals surface area contributed by atoms with Gasteiger partial charge >= 0.3 is 0 Å². The summed E-state index contributed by atoms with van der Waals surface area (Å²) >= 11 is 6.07. The third kappa shape index (κ3) is 2.11. The molecule has 0 amide bonds. The van der Waals surface area contributed by atoms with Crippen LogP contribution in [-0.4, -0.2) is 21.3 Å². The summed E-state index contributed by atoms with van der Waals surface area (Å²) in [5.74, 6) is 1.30. The molecule has 0 unspecified atom stereocenters. The molecule has 0 radical (unpaired) electrons. The van der Waals surface area contributed by atoms with Crippen LogP contribution in [0.1, 0.15) is 5.56 Å². The van der Waals surface area contributed by atoms with Crippen LogP contribution >= 0.6 is 11.6 Å².